The van der Waals surface area contributed by atoms with Crippen molar-refractivity contribution in [3.63, 3.8) is 0 Å². The Morgan fingerprint density at radius 3 is 2.50 bits per heavy atom. The minimum atomic E-state index is -3.83. The molecule has 0 aliphatic heterocycles. The molecule has 1 heterocycles. The highest BCUT2D eigenvalue weighted by atomic mass is 35.5. The second-order valence-corrected chi connectivity index (χ2v) is 8.59. The number of benzene rings is 2. The molecule has 4 rings (SSSR count). The summed E-state index contributed by atoms with van der Waals surface area (Å²) in [6.07, 6.45) is 4.43. The van der Waals surface area contributed by atoms with Gasteiger partial charge in [-0.1, -0.05) is 24.3 Å². The van der Waals surface area contributed by atoms with Gasteiger partial charge in [0.2, 0.25) is 0 Å². The molecule has 4 nitrogen and oxygen atoms in total. The molecule has 148 valence electrons. The Morgan fingerprint density at radius 1 is 1.07 bits per heavy atom. The SMILES string of the molecule is CNCc1cn(S(=O)(=O)c2ccc(F)cc2)c2c1CCCc1ccccc1-2.Cl. The zero-order valence-electron chi connectivity index (χ0n) is 15.5. The Bertz CT molecular complexity index is 1090. The summed E-state index contributed by atoms with van der Waals surface area (Å²) in [5.41, 5.74) is 4.89. The average Bonchev–Trinajstić information content (AvgIpc) is 2.91. The maximum Gasteiger partial charge on any atom is 0.268 e. The summed E-state index contributed by atoms with van der Waals surface area (Å²) in [5.74, 6) is -0.457. The quantitative estimate of drug-likeness (QED) is 0.689. The van der Waals surface area contributed by atoms with Crippen molar-refractivity contribution in [3.8, 4) is 11.3 Å². The lowest BCUT2D eigenvalue weighted by Gasteiger charge is -2.13. The molecule has 2 aromatic carbocycles. The molecular weight excluding hydrogens is 399 g/mol. The molecule has 0 atom stereocenters. The third-order valence-electron chi connectivity index (χ3n) is 5.05. The van der Waals surface area contributed by atoms with Gasteiger partial charge in [0, 0.05) is 18.3 Å². The summed E-state index contributed by atoms with van der Waals surface area (Å²) in [5, 5.41) is 3.13. The van der Waals surface area contributed by atoms with Crippen LogP contribution in [0, 0.1) is 5.82 Å². The Hall–Kier alpha value is -2.15. The van der Waals surface area contributed by atoms with Crippen LogP contribution in [0.2, 0.25) is 0 Å². The van der Waals surface area contributed by atoms with E-state index in [0.717, 1.165) is 47.2 Å². The molecule has 0 bridgehead atoms. The van der Waals surface area contributed by atoms with E-state index < -0.39 is 15.8 Å². The van der Waals surface area contributed by atoms with Gasteiger partial charge in [0.05, 0.1) is 10.6 Å². The second-order valence-electron chi connectivity index (χ2n) is 6.78. The molecule has 0 radical (unpaired) electrons. The molecule has 3 aromatic rings. The van der Waals surface area contributed by atoms with Gasteiger partial charge in [0.15, 0.2) is 0 Å². The van der Waals surface area contributed by atoms with E-state index in [1.807, 2.05) is 25.2 Å². The van der Waals surface area contributed by atoms with Gasteiger partial charge in [-0.15, -0.1) is 12.4 Å². The van der Waals surface area contributed by atoms with Crippen LogP contribution in [0.3, 0.4) is 0 Å². The predicted octanol–water partition coefficient (Wildman–Crippen LogP) is 4.16. The Morgan fingerprint density at radius 2 is 1.79 bits per heavy atom. The van der Waals surface area contributed by atoms with Gasteiger partial charge in [-0.2, -0.15) is 0 Å². The zero-order chi connectivity index (χ0) is 19.0. The van der Waals surface area contributed by atoms with E-state index in [0.29, 0.717) is 6.54 Å². The van der Waals surface area contributed by atoms with E-state index in [2.05, 4.69) is 11.4 Å². The highest BCUT2D eigenvalue weighted by Gasteiger charge is 2.28. The number of fused-ring (bicyclic) bond motifs is 3. The van der Waals surface area contributed by atoms with Gasteiger partial charge in [0.1, 0.15) is 5.82 Å². The second kappa shape index (κ2) is 8.07. The monoisotopic (exact) mass is 420 g/mol. The van der Waals surface area contributed by atoms with Crippen molar-refractivity contribution in [1.82, 2.24) is 9.29 Å². The third-order valence-corrected chi connectivity index (χ3v) is 6.72. The number of rotatable bonds is 4. The van der Waals surface area contributed by atoms with Crippen LogP contribution in [-0.2, 0) is 29.4 Å². The van der Waals surface area contributed by atoms with Crippen molar-refractivity contribution in [2.45, 2.75) is 30.7 Å². The van der Waals surface area contributed by atoms with Crippen LogP contribution in [0.25, 0.3) is 11.3 Å². The summed E-state index contributed by atoms with van der Waals surface area (Å²) < 4.78 is 41.4. The summed E-state index contributed by atoms with van der Waals surface area (Å²) in [6.45, 7) is 0.594. The van der Waals surface area contributed by atoms with Crippen LogP contribution in [0.1, 0.15) is 23.1 Å². The van der Waals surface area contributed by atoms with Crippen molar-refractivity contribution in [2.75, 3.05) is 7.05 Å². The van der Waals surface area contributed by atoms with Gasteiger partial charge < -0.3 is 5.32 Å². The molecule has 28 heavy (non-hydrogen) atoms. The van der Waals surface area contributed by atoms with Crippen LogP contribution >= 0.6 is 12.4 Å². The van der Waals surface area contributed by atoms with Crippen molar-refractivity contribution in [1.29, 1.82) is 0 Å². The molecule has 0 saturated carbocycles. The molecule has 1 aliphatic carbocycles. The molecular formula is C21H22ClFN2O2S. The maximum atomic E-state index is 13.4. The largest absolute Gasteiger partial charge is 0.316 e. The molecule has 0 unspecified atom stereocenters. The van der Waals surface area contributed by atoms with Crippen LogP contribution in [0.15, 0.2) is 59.6 Å². The Kier molecular flexibility index (Phi) is 5.93. The fourth-order valence-corrected chi connectivity index (χ4v) is 5.23. The van der Waals surface area contributed by atoms with Crippen molar-refractivity contribution >= 4 is 22.4 Å². The number of nitrogens with one attached hydrogen (secondary N) is 1. The maximum absolute atomic E-state index is 13.4. The van der Waals surface area contributed by atoms with Gasteiger partial charge >= 0.3 is 0 Å². The smallest absolute Gasteiger partial charge is 0.268 e. The van der Waals surface area contributed by atoms with Gasteiger partial charge in [0.25, 0.3) is 10.0 Å². The minimum Gasteiger partial charge on any atom is -0.316 e. The van der Waals surface area contributed by atoms with Crippen LogP contribution in [0.5, 0.6) is 0 Å². The van der Waals surface area contributed by atoms with Crippen molar-refractivity contribution in [2.24, 2.45) is 0 Å². The number of aromatic nitrogens is 1. The van der Waals surface area contributed by atoms with Crippen LogP contribution in [-0.4, -0.2) is 19.4 Å². The first-order valence-corrected chi connectivity index (χ1v) is 10.4. The highest BCUT2D eigenvalue weighted by molar-refractivity contribution is 7.90. The molecule has 0 amide bonds. The van der Waals surface area contributed by atoms with Gasteiger partial charge in [-0.25, -0.2) is 16.8 Å². The fraction of sp³-hybridized carbons (Fsp3) is 0.238. The fourth-order valence-electron chi connectivity index (χ4n) is 3.81. The summed E-state index contributed by atoms with van der Waals surface area (Å²) in [7, 11) is -1.98. The minimum absolute atomic E-state index is 0. The van der Waals surface area contributed by atoms with Crippen molar-refractivity contribution in [3.05, 3.63) is 77.2 Å². The van der Waals surface area contributed by atoms with E-state index in [1.165, 1.54) is 28.2 Å². The van der Waals surface area contributed by atoms with E-state index in [1.54, 1.807) is 6.20 Å². The first kappa shape index (κ1) is 20.6. The Balaban J connectivity index is 0.00000225. The van der Waals surface area contributed by atoms with E-state index in [-0.39, 0.29) is 17.3 Å². The number of hydrogen-bond acceptors (Lipinski definition) is 3. The standard InChI is InChI=1S/C21H21FN2O2S.ClH/c1-23-13-16-14-24(27(25,26)18-11-9-17(22)10-12-18)21-19-7-3-2-5-15(19)6-4-8-20(16)21;/h2-3,5,7,9-12,14,23H,4,6,8,13H2,1H3;1H. The van der Waals surface area contributed by atoms with Crippen LogP contribution < -0.4 is 5.32 Å². The molecule has 0 spiro atoms. The molecule has 1 aromatic heterocycles. The molecule has 0 saturated heterocycles. The van der Waals surface area contributed by atoms with E-state index in [4.69, 9.17) is 0 Å². The normalized spacial score (nSPS) is 13.2. The lowest BCUT2D eigenvalue weighted by atomic mass is 10.0. The average molecular weight is 421 g/mol. The number of nitrogens with zero attached hydrogens (tertiary/aromatic N) is 1. The highest BCUT2D eigenvalue weighted by Crippen LogP contribution is 2.37. The van der Waals surface area contributed by atoms with Crippen LogP contribution in [0.4, 0.5) is 4.39 Å². The summed E-state index contributed by atoms with van der Waals surface area (Å²) in [6, 6.07) is 13.0. The lowest BCUT2D eigenvalue weighted by Crippen LogP contribution is -2.14. The number of aryl methyl sites for hydroxylation is 1. The number of halogens is 2. The predicted molar refractivity (Wildman–Crippen MR) is 111 cm³/mol. The topological polar surface area (TPSA) is 51.1 Å². The molecule has 1 N–H and O–H groups in total. The molecule has 1 aliphatic rings. The zero-order valence-corrected chi connectivity index (χ0v) is 17.1. The van der Waals surface area contributed by atoms with Crippen molar-refractivity contribution < 1.29 is 12.8 Å². The van der Waals surface area contributed by atoms with E-state index in [9.17, 15) is 12.8 Å². The first-order valence-electron chi connectivity index (χ1n) is 8.99. The number of hydrogen-bond donors (Lipinski definition) is 1. The van der Waals surface area contributed by atoms with Gasteiger partial charge in [-0.05, 0) is 67.3 Å². The van der Waals surface area contributed by atoms with Gasteiger partial charge in [-0.3, -0.25) is 0 Å². The lowest BCUT2D eigenvalue weighted by molar-refractivity contribution is 0.586. The summed E-state index contributed by atoms with van der Waals surface area (Å²) in [4.78, 5) is 0.0828. The summed E-state index contributed by atoms with van der Waals surface area (Å²) >= 11 is 0. The Labute approximate surface area is 170 Å². The third kappa shape index (κ3) is 3.48. The first-order chi connectivity index (χ1) is 13.0. The molecule has 0 fully saturated rings. The molecule has 7 heteroatoms. The van der Waals surface area contributed by atoms with E-state index >= 15 is 0 Å².